The lowest BCUT2D eigenvalue weighted by atomic mass is 9.66. The Morgan fingerprint density at radius 1 is 0.861 bits per heavy atom. The van der Waals surface area contributed by atoms with E-state index in [0.29, 0.717) is 58.7 Å². The molecule has 1 aromatic carbocycles. The maximum atomic E-state index is 5.81. The van der Waals surface area contributed by atoms with Crippen LogP contribution in [-0.4, -0.2) is 49.2 Å². The normalized spacial score (nSPS) is 28.3. The number of benzene rings is 1. The van der Waals surface area contributed by atoms with Crippen molar-refractivity contribution in [2.45, 2.75) is 64.6 Å². The van der Waals surface area contributed by atoms with Crippen LogP contribution in [0.5, 0.6) is 0 Å². The first-order chi connectivity index (χ1) is 17.2. The summed E-state index contributed by atoms with van der Waals surface area (Å²) in [6.07, 6.45) is 3.58. The smallest absolute Gasteiger partial charge is 0.145 e. The Morgan fingerprint density at radius 3 is 1.92 bits per heavy atom. The molecule has 0 radical (unpaired) electrons. The molecule has 2 fully saturated rings. The summed E-state index contributed by atoms with van der Waals surface area (Å²) in [4.78, 5) is 0. The van der Waals surface area contributed by atoms with Crippen LogP contribution in [0.1, 0.15) is 53.5 Å². The highest BCUT2D eigenvalue weighted by Gasteiger charge is 2.58. The number of methoxy groups -OCH3 is 3. The predicted molar refractivity (Wildman–Crippen MR) is 154 cm³/mol. The summed E-state index contributed by atoms with van der Waals surface area (Å²) in [6, 6.07) is 10.7. The summed E-state index contributed by atoms with van der Waals surface area (Å²) in [5.41, 5.74) is 8.64. The molecule has 3 nitrogen and oxygen atoms in total. The molecule has 2 unspecified atom stereocenters. The van der Waals surface area contributed by atoms with Gasteiger partial charge < -0.3 is 14.2 Å². The average Bonchev–Trinajstić information content (AvgIpc) is 3.36. The Bertz CT molecular complexity index is 889. The molecule has 36 heavy (non-hydrogen) atoms. The van der Waals surface area contributed by atoms with Gasteiger partial charge in [0.15, 0.2) is 0 Å². The lowest BCUT2D eigenvalue weighted by Gasteiger charge is -2.41. The van der Waals surface area contributed by atoms with E-state index in [0.717, 1.165) is 13.2 Å². The summed E-state index contributed by atoms with van der Waals surface area (Å²) in [5.74, 6) is 6.88. The molecule has 2 aliphatic rings. The number of hydrogen-bond acceptors (Lipinski definition) is 3. The maximum Gasteiger partial charge on any atom is 0.145 e. The molecule has 0 heterocycles. The molecule has 2 saturated carbocycles. The van der Waals surface area contributed by atoms with Crippen LogP contribution in [0.25, 0.3) is 6.08 Å². The molecular formula is C32H50O3Si. The second-order valence-electron chi connectivity index (χ2n) is 12.1. The molecule has 0 N–H and O–H groups in total. The van der Waals surface area contributed by atoms with Gasteiger partial charge in [0.05, 0.1) is 6.61 Å². The Labute approximate surface area is 222 Å². The Balaban J connectivity index is 2.13. The second kappa shape index (κ2) is 12.9. The molecule has 0 aliphatic heterocycles. The van der Waals surface area contributed by atoms with Gasteiger partial charge in [-0.1, -0.05) is 78.0 Å². The van der Waals surface area contributed by atoms with E-state index in [-0.39, 0.29) is 0 Å². The predicted octanol–water partition coefficient (Wildman–Crippen LogP) is 7.35. The number of fused-ring (bicyclic) bond motifs is 2. The quantitative estimate of drug-likeness (QED) is 0.230. The second-order valence-corrected chi connectivity index (χ2v) is 17.7. The summed E-state index contributed by atoms with van der Waals surface area (Å²) in [5, 5.41) is 0. The summed E-state index contributed by atoms with van der Waals surface area (Å²) in [6.45, 7) is 16.7. The van der Waals surface area contributed by atoms with Crippen LogP contribution in [-0.2, 0) is 14.2 Å². The minimum atomic E-state index is -1.82. The van der Waals surface area contributed by atoms with Crippen molar-refractivity contribution in [2.24, 2.45) is 35.5 Å². The van der Waals surface area contributed by atoms with Crippen molar-refractivity contribution >= 4 is 14.1 Å². The van der Waals surface area contributed by atoms with E-state index >= 15 is 0 Å². The third-order valence-corrected chi connectivity index (χ3v) is 15.7. The Hall–Kier alpha value is -1.38. The first kappa shape index (κ1) is 29.2. The van der Waals surface area contributed by atoms with Crippen molar-refractivity contribution < 1.29 is 14.2 Å². The van der Waals surface area contributed by atoms with Crippen LogP contribution in [0.3, 0.4) is 0 Å². The van der Waals surface area contributed by atoms with Crippen LogP contribution in [0, 0.1) is 47.0 Å². The number of rotatable bonds is 11. The monoisotopic (exact) mass is 510 g/mol. The highest BCUT2D eigenvalue weighted by atomic mass is 28.3. The average molecular weight is 511 g/mol. The molecule has 2 bridgehead atoms. The fourth-order valence-corrected chi connectivity index (χ4v) is 13.3. The summed E-state index contributed by atoms with van der Waals surface area (Å²) >= 11 is 0. The van der Waals surface area contributed by atoms with E-state index < -0.39 is 8.07 Å². The van der Waals surface area contributed by atoms with Gasteiger partial charge in [0.1, 0.15) is 8.07 Å². The fourth-order valence-electron chi connectivity index (χ4n) is 8.04. The van der Waals surface area contributed by atoms with E-state index in [1.807, 2.05) is 21.3 Å². The minimum Gasteiger partial charge on any atom is -0.384 e. The third kappa shape index (κ3) is 5.70. The molecule has 0 spiro atoms. The molecule has 0 aromatic heterocycles. The van der Waals surface area contributed by atoms with Gasteiger partial charge in [0.25, 0.3) is 0 Å². The van der Waals surface area contributed by atoms with E-state index in [9.17, 15) is 0 Å². The van der Waals surface area contributed by atoms with Gasteiger partial charge in [-0.15, -0.1) is 11.5 Å². The first-order valence-electron chi connectivity index (χ1n) is 14.0. The van der Waals surface area contributed by atoms with Crippen molar-refractivity contribution in [3.63, 3.8) is 0 Å². The number of ether oxygens (including phenoxy) is 3. The van der Waals surface area contributed by atoms with Crippen molar-refractivity contribution in [3.05, 3.63) is 41.5 Å². The Morgan fingerprint density at radius 2 is 1.42 bits per heavy atom. The minimum absolute atomic E-state index is 0.344. The molecule has 4 heteroatoms. The zero-order chi connectivity index (χ0) is 26.5. The largest absolute Gasteiger partial charge is 0.384 e. The molecule has 3 rings (SSSR count). The molecule has 200 valence electrons. The van der Waals surface area contributed by atoms with Gasteiger partial charge in [-0.25, -0.2) is 0 Å². The van der Waals surface area contributed by atoms with Crippen molar-refractivity contribution in [1.29, 1.82) is 0 Å². The van der Waals surface area contributed by atoms with Gasteiger partial charge in [-0.3, -0.25) is 0 Å². The van der Waals surface area contributed by atoms with E-state index in [4.69, 9.17) is 14.2 Å². The van der Waals surface area contributed by atoms with Crippen LogP contribution >= 0.6 is 0 Å². The van der Waals surface area contributed by atoms with Crippen LogP contribution in [0.4, 0.5) is 0 Å². The van der Waals surface area contributed by atoms with Crippen molar-refractivity contribution in [2.75, 3.05) is 41.2 Å². The highest BCUT2D eigenvalue weighted by Crippen LogP contribution is 2.60. The lowest BCUT2D eigenvalue weighted by Crippen LogP contribution is -2.44. The highest BCUT2D eigenvalue weighted by molar-refractivity contribution is 6.90. The van der Waals surface area contributed by atoms with Crippen LogP contribution in [0.15, 0.2) is 35.9 Å². The zero-order valence-electron chi connectivity index (χ0n) is 24.2. The van der Waals surface area contributed by atoms with Crippen LogP contribution in [0.2, 0.25) is 16.6 Å². The van der Waals surface area contributed by atoms with Gasteiger partial charge in [-0.05, 0) is 63.8 Å². The lowest BCUT2D eigenvalue weighted by molar-refractivity contribution is 0.0146. The van der Waals surface area contributed by atoms with Crippen LogP contribution < -0.4 is 0 Å². The summed E-state index contributed by atoms with van der Waals surface area (Å²) in [7, 11) is 3.68. The standard InChI is InChI=1S/C32H50O3Si/c1-22(2)36(23(3)4,24(5)6)16-15-27-28-18-29(31(21-35-9)30(28)20-34-8)32(27)26(19-33-7)17-25-13-11-10-12-14-25/h10-14,17,22-24,27-32H,18-21H2,1-9H3/b26-17+/t27?,28-,29-,30-,31+,32?/m1/s1. The SMILES string of the molecule is COC/C(=C\c1ccccc1)C1C(C#C[Si](C(C)C)(C(C)C)C(C)C)[C@H]2C[C@@H]1[C@H](COC)[C@@H]2COC. The fraction of sp³-hybridized carbons (Fsp3) is 0.688. The third-order valence-electron chi connectivity index (χ3n) is 9.43. The first-order valence-corrected chi connectivity index (χ1v) is 16.2. The van der Waals surface area contributed by atoms with Crippen molar-refractivity contribution in [1.82, 2.24) is 0 Å². The van der Waals surface area contributed by atoms with Gasteiger partial charge in [-0.2, -0.15) is 0 Å². The molecule has 0 saturated heterocycles. The van der Waals surface area contributed by atoms with Gasteiger partial charge >= 0.3 is 0 Å². The molecule has 0 amide bonds. The van der Waals surface area contributed by atoms with E-state index in [2.05, 4.69) is 89.4 Å². The molecule has 1 aromatic rings. The zero-order valence-corrected chi connectivity index (χ0v) is 25.2. The van der Waals surface area contributed by atoms with Gasteiger partial charge in [0.2, 0.25) is 0 Å². The topological polar surface area (TPSA) is 27.7 Å². The molecule has 2 aliphatic carbocycles. The maximum absolute atomic E-state index is 5.81. The molecular weight excluding hydrogens is 460 g/mol. The van der Waals surface area contributed by atoms with Crippen molar-refractivity contribution in [3.8, 4) is 11.5 Å². The number of hydrogen-bond donors (Lipinski definition) is 0. The Kier molecular flexibility index (Phi) is 10.5. The summed E-state index contributed by atoms with van der Waals surface area (Å²) < 4.78 is 17.3. The van der Waals surface area contributed by atoms with E-state index in [1.165, 1.54) is 17.6 Å². The van der Waals surface area contributed by atoms with Gasteiger partial charge in [0, 0.05) is 40.5 Å². The molecule has 6 atom stereocenters. The van der Waals surface area contributed by atoms with E-state index in [1.54, 1.807) is 0 Å².